The number of rotatable bonds is 8. The van der Waals surface area contributed by atoms with Gasteiger partial charge in [0.05, 0.1) is 21.2 Å². The van der Waals surface area contributed by atoms with Gasteiger partial charge in [0.1, 0.15) is 0 Å². The second-order valence-electron chi connectivity index (χ2n) is 7.82. The molecule has 1 amide bonds. The molecule has 1 N–H and O–H groups in total. The second kappa shape index (κ2) is 10.4. The quantitative estimate of drug-likeness (QED) is 0.508. The first-order valence-corrected chi connectivity index (χ1v) is 11.5. The van der Waals surface area contributed by atoms with Crippen LogP contribution < -0.4 is 10.2 Å². The number of hydrogen-bond acceptors (Lipinski definition) is 4. The third kappa shape index (κ3) is 5.50. The van der Waals surface area contributed by atoms with Crippen LogP contribution in [0.5, 0.6) is 0 Å². The summed E-state index contributed by atoms with van der Waals surface area (Å²) in [7, 11) is 0. The summed E-state index contributed by atoms with van der Waals surface area (Å²) in [5.74, 6) is -0.112. The SMILES string of the molecule is O=C(NCCCCCN1CCN(c2cccc(Cl)c2Cl)CC1)c1cc2ccccn2n1. The maximum atomic E-state index is 12.3. The van der Waals surface area contributed by atoms with E-state index in [2.05, 4.69) is 20.2 Å². The molecule has 1 saturated heterocycles. The maximum Gasteiger partial charge on any atom is 0.271 e. The van der Waals surface area contributed by atoms with Crippen molar-refractivity contribution in [2.24, 2.45) is 0 Å². The van der Waals surface area contributed by atoms with E-state index in [-0.39, 0.29) is 5.91 Å². The van der Waals surface area contributed by atoms with Gasteiger partial charge in [-0.25, -0.2) is 4.52 Å². The molecule has 8 heteroatoms. The number of unbranched alkanes of at least 4 members (excludes halogenated alkanes) is 2. The van der Waals surface area contributed by atoms with Crippen LogP contribution in [0.1, 0.15) is 29.8 Å². The Bertz CT molecular complexity index is 997. The van der Waals surface area contributed by atoms with Crippen LogP contribution in [0.2, 0.25) is 10.0 Å². The van der Waals surface area contributed by atoms with E-state index in [1.807, 2.05) is 48.7 Å². The van der Waals surface area contributed by atoms with Crippen LogP contribution in [0, 0.1) is 0 Å². The molecule has 1 aromatic carbocycles. The van der Waals surface area contributed by atoms with Crippen molar-refractivity contribution in [2.75, 3.05) is 44.2 Å². The third-order valence-electron chi connectivity index (χ3n) is 5.68. The molecule has 1 aliphatic heterocycles. The van der Waals surface area contributed by atoms with Gasteiger partial charge in [0.2, 0.25) is 0 Å². The van der Waals surface area contributed by atoms with Gasteiger partial charge in [-0.2, -0.15) is 5.10 Å². The van der Waals surface area contributed by atoms with Crippen molar-refractivity contribution in [3.8, 4) is 0 Å². The van der Waals surface area contributed by atoms with Gasteiger partial charge >= 0.3 is 0 Å². The Labute approximate surface area is 192 Å². The molecular formula is C23H27Cl2N5O. The van der Waals surface area contributed by atoms with Gasteiger partial charge in [-0.3, -0.25) is 9.69 Å². The maximum absolute atomic E-state index is 12.3. The normalized spacial score (nSPS) is 14.8. The van der Waals surface area contributed by atoms with E-state index in [4.69, 9.17) is 23.2 Å². The van der Waals surface area contributed by atoms with E-state index < -0.39 is 0 Å². The molecule has 0 bridgehead atoms. The fraction of sp³-hybridized carbons (Fsp3) is 0.391. The predicted molar refractivity (Wildman–Crippen MR) is 126 cm³/mol. The minimum absolute atomic E-state index is 0.112. The number of hydrogen-bond donors (Lipinski definition) is 1. The zero-order valence-corrected chi connectivity index (χ0v) is 18.9. The number of carbonyl (C=O) groups is 1. The number of aromatic nitrogens is 2. The zero-order valence-electron chi connectivity index (χ0n) is 17.4. The van der Waals surface area contributed by atoms with Crippen molar-refractivity contribution >= 4 is 40.3 Å². The predicted octanol–water partition coefficient (Wildman–Crippen LogP) is 4.36. The smallest absolute Gasteiger partial charge is 0.271 e. The Morgan fingerprint density at radius 2 is 1.84 bits per heavy atom. The molecule has 164 valence electrons. The summed E-state index contributed by atoms with van der Waals surface area (Å²) in [4.78, 5) is 17.1. The van der Waals surface area contributed by atoms with E-state index in [1.54, 1.807) is 4.52 Å². The van der Waals surface area contributed by atoms with Crippen LogP contribution in [0.4, 0.5) is 5.69 Å². The molecule has 1 aliphatic rings. The molecule has 3 aromatic rings. The first kappa shape index (κ1) is 21.9. The van der Waals surface area contributed by atoms with Crippen LogP contribution >= 0.6 is 23.2 Å². The van der Waals surface area contributed by atoms with Crippen molar-refractivity contribution in [1.29, 1.82) is 0 Å². The first-order valence-electron chi connectivity index (χ1n) is 10.8. The molecule has 0 saturated carbocycles. The molecule has 1 fully saturated rings. The number of nitrogens with one attached hydrogen (secondary N) is 1. The number of fused-ring (bicyclic) bond motifs is 1. The summed E-state index contributed by atoms with van der Waals surface area (Å²) in [6.07, 6.45) is 5.03. The number of anilines is 1. The summed E-state index contributed by atoms with van der Waals surface area (Å²) < 4.78 is 1.72. The molecule has 3 heterocycles. The highest BCUT2D eigenvalue weighted by molar-refractivity contribution is 6.43. The molecule has 0 atom stereocenters. The van der Waals surface area contributed by atoms with E-state index in [0.29, 0.717) is 22.3 Å². The van der Waals surface area contributed by atoms with Crippen LogP contribution in [0.15, 0.2) is 48.7 Å². The topological polar surface area (TPSA) is 52.9 Å². The Kier molecular flexibility index (Phi) is 7.33. The molecule has 0 spiro atoms. The Morgan fingerprint density at radius 1 is 1.00 bits per heavy atom. The molecule has 2 aromatic heterocycles. The third-order valence-corrected chi connectivity index (χ3v) is 6.49. The number of nitrogens with zero attached hydrogens (tertiary/aromatic N) is 4. The fourth-order valence-electron chi connectivity index (χ4n) is 3.93. The molecular weight excluding hydrogens is 433 g/mol. The van der Waals surface area contributed by atoms with E-state index in [9.17, 15) is 4.79 Å². The minimum atomic E-state index is -0.112. The summed E-state index contributed by atoms with van der Waals surface area (Å²) in [6, 6.07) is 13.4. The molecule has 0 radical (unpaired) electrons. The lowest BCUT2D eigenvalue weighted by Gasteiger charge is -2.36. The standard InChI is InChI=1S/C23H27Cl2N5O/c24-19-8-6-9-21(22(19)25)29-15-13-28(14-16-29)11-4-1-3-10-26-23(31)20-17-18-7-2-5-12-30(18)27-20/h2,5-9,12,17H,1,3-4,10-11,13-16H2,(H,26,31). The van der Waals surface area contributed by atoms with Gasteiger partial charge in [0, 0.05) is 38.9 Å². The van der Waals surface area contributed by atoms with Crippen molar-refractivity contribution in [2.45, 2.75) is 19.3 Å². The lowest BCUT2D eigenvalue weighted by atomic mass is 10.2. The number of pyridine rings is 1. The first-order chi connectivity index (χ1) is 15.1. The van der Waals surface area contributed by atoms with Crippen molar-refractivity contribution in [3.63, 3.8) is 0 Å². The number of piperazine rings is 1. The van der Waals surface area contributed by atoms with Crippen molar-refractivity contribution in [1.82, 2.24) is 19.8 Å². The van der Waals surface area contributed by atoms with Gasteiger partial charge in [0.25, 0.3) is 5.91 Å². The van der Waals surface area contributed by atoms with Crippen molar-refractivity contribution < 1.29 is 4.79 Å². The van der Waals surface area contributed by atoms with Gasteiger partial charge in [0.15, 0.2) is 5.69 Å². The highest BCUT2D eigenvalue weighted by Gasteiger charge is 2.19. The van der Waals surface area contributed by atoms with Gasteiger partial charge in [-0.1, -0.05) is 41.8 Å². The second-order valence-corrected chi connectivity index (χ2v) is 8.60. The Morgan fingerprint density at radius 3 is 2.65 bits per heavy atom. The van der Waals surface area contributed by atoms with Crippen LogP contribution in [-0.4, -0.2) is 59.7 Å². The largest absolute Gasteiger partial charge is 0.368 e. The van der Waals surface area contributed by atoms with E-state index in [1.165, 1.54) is 0 Å². The summed E-state index contributed by atoms with van der Waals surface area (Å²) in [6.45, 7) is 5.70. The van der Waals surface area contributed by atoms with Crippen molar-refractivity contribution in [3.05, 3.63) is 64.4 Å². The number of halogens is 2. The summed E-state index contributed by atoms with van der Waals surface area (Å²) >= 11 is 12.5. The fourth-order valence-corrected chi connectivity index (χ4v) is 4.34. The lowest BCUT2D eigenvalue weighted by molar-refractivity contribution is 0.0947. The van der Waals surface area contributed by atoms with E-state index in [0.717, 1.165) is 63.2 Å². The zero-order chi connectivity index (χ0) is 21.6. The highest BCUT2D eigenvalue weighted by Crippen LogP contribution is 2.32. The molecule has 31 heavy (non-hydrogen) atoms. The molecule has 6 nitrogen and oxygen atoms in total. The minimum Gasteiger partial charge on any atom is -0.368 e. The van der Waals surface area contributed by atoms with Crippen LogP contribution in [-0.2, 0) is 0 Å². The molecule has 0 aliphatic carbocycles. The number of amides is 1. The van der Waals surface area contributed by atoms with E-state index >= 15 is 0 Å². The summed E-state index contributed by atoms with van der Waals surface area (Å²) in [5.41, 5.74) is 2.41. The van der Waals surface area contributed by atoms with Gasteiger partial charge < -0.3 is 10.2 Å². The summed E-state index contributed by atoms with van der Waals surface area (Å²) in [5, 5.41) is 8.53. The van der Waals surface area contributed by atoms with Gasteiger partial charge in [-0.15, -0.1) is 0 Å². The monoisotopic (exact) mass is 459 g/mol. The van der Waals surface area contributed by atoms with Crippen LogP contribution in [0.3, 0.4) is 0 Å². The lowest BCUT2D eigenvalue weighted by Crippen LogP contribution is -2.46. The Balaban J connectivity index is 1.11. The number of carbonyl (C=O) groups excluding carboxylic acids is 1. The highest BCUT2D eigenvalue weighted by atomic mass is 35.5. The average Bonchev–Trinajstić information content (AvgIpc) is 3.23. The van der Waals surface area contributed by atoms with Gasteiger partial charge in [-0.05, 0) is 49.7 Å². The molecule has 0 unspecified atom stereocenters. The molecule has 4 rings (SSSR count). The van der Waals surface area contributed by atoms with Crippen LogP contribution in [0.25, 0.3) is 5.52 Å². The Hall–Kier alpha value is -2.28. The number of benzene rings is 1. The average molecular weight is 460 g/mol.